The van der Waals surface area contributed by atoms with Gasteiger partial charge in [-0.3, -0.25) is 5.41 Å². The number of nitrogen functional groups attached to an aromatic ring is 1. The van der Waals surface area contributed by atoms with Gasteiger partial charge in [-0.15, -0.1) is 0 Å². The number of hydrogen-bond acceptors (Lipinski definition) is 3. The Balaban J connectivity index is 3.21. The van der Waals surface area contributed by atoms with Gasteiger partial charge in [-0.25, -0.2) is 4.39 Å². The number of anilines is 1. The van der Waals surface area contributed by atoms with E-state index in [1.165, 1.54) is 6.07 Å². The molecule has 0 saturated heterocycles. The van der Waals surface area contributed by atoms with E-state index in [1.54, 1.807) is 30.9 Å². The fourth-order valence-corrected chi connectivity index (χ4v) is 1.88. The first kappa shape index (κ1) is 14.4. The maximum atomic E-state index is 13.7. The molecule has 0 aromatic heterocycles. The summed E-state index contributed by atoms with van der Waals surface area (Å²) in [5, 5.41) is 17.3. The molecule has 18 heavy (non-hydrogen) atoms. The van der Waals surface area contributed by atoms with E-state index in [-0.39, 0.29) is 11.4 Å². The Hall–Kier alpha value is -1.62. The van der Waals surface area contributed by atoms with Gasteiger partial charge in [0.15, 0.2) is 0 Å². The summed E-state index contributed by atoms with van der Waals surface area (Å²) in [6.45, 7) is 6.20. The second-order valence-electron chi connectivity index (χ2n) is 4.87. The minimum Gasteiger partial charge on any atom is -0.389 e. The Morgan fingerprint density at radius 3 is 2.56 bits per heavy atom. The molecule has 0 heterocycles. The zero-order valence-electron chi connectivity index (χ0n) is 11.0. The summed E-state index contributed by atoms with van der Waals surface area (Å²) in [4.78, 5) is 1.81. The van der Waals surface area contributed by atoms with E-state index in [2.05, 4.69) is 0 Å². The van der Waals surface area contributed by atoms with Gasteiger partial charge in [0, 0.05) is 13.1 Å². The molecule has 1 aromatic carbocycles. The molecule has 0 radical (unpaired) electrons. The summed E-state index contributed by atoms with van der Waals surface area (Å²) >= 11 is 0. The quantitative estimate of drug-likeness (QED) is 0.552. The monoisotopic (exact) mass is 253 g/mol. The summed E-state index contributed by atoms with van der Waals surface area (Å²) < 4.78 is 13.7. The molecule has 100 valence electrons. The number of likely N-dealkylation sites (N-methyl/N-ethyl adjacent to an activating group) is 1. The Morgan fingerprint density at radius 1 is 1.50 bits per heavy atom. The Kier molecular flexibility index (Phi) is 4.29. The summed E-state index contributed by atoms with van der Waals surface area (Å²) in [6.07, 6.45) is 0. The zero-order chi connectivity index (χ0) is 13.9. The SMILES string of the molecule is CCN(CC(C)(C)O)c1cccc(F)c1C(=N)N. The second-order valence-corrected chi connectivity index (χ2v) is 4.87. The Labute approximate surface area is 107 Å². The van der Waals surface area contributed by atoms with E-state index in [0.29, 0.717) is 18.8 Å². The van der Waals surface area contributed by atoms with Crippen LogP contribution in [0, 0.1) is 11.2 Å². The molecule has 0 atom stereocenters. The van der Waals surface area contributed by atoms with Crippen molar-refractivity contribution in [3.05, 3.63) is 29.6 Å². The molecular weight excluding hydrogens is 233 g/mol. The average Bonchev–Trinajstić information content (AvgIpc) is 2.23. The number of nitrogens with one attached hydrogen (secondary N) is 1. The number of nitrogens with zero attached hydrogens (tertiary/aromatic N) is 1. The van der Waals surface area contributed by atoms with Crippen LogP contribution < -0.4 is 10.6 Å². The van der Waals surface area contributed by atoms with E-state index in [9.17, 15) is 9.50 Å². The highest BCUT2D eigenvalue weighted by molar-refractivity contribution is 6.00. The van der Waals surface area contributed by atoms with Crippen LogP contribution in [0.5, 0.6) is 0 Å². The van der Waals surface area contributed by atoms with Gasteiger partial charge in [-0.05, 0) is 32.9 Å². The molecule has 0 aliphatic carbocycles. The van der Waals surface area contributed by atoms with Crippen molar-refractivity contribution in [2.45, 2.75) is 26.4 Å². The van der Waals surface area contributed by atoms with E-state index in [1.807, 2.05) is 6.92 Å². The molecule has 4 nitrogen and oxygen atoms in total. The summed E-state index contributed by atoms with van der Waals surface area (Å²) in [5.74, 6) is -0.827. The van der Waals surface area contributed by atoms with Crippen molar-refractivity contribution in [3.8, 4) is 0 Å². The molecule has 0 fully saturated rings. The molecule has 1 aromatic rings. The Morgan fingerprint density at radius 2 is 2.11 bits per heavy atom. The lowest BCUT2D eigenvalue weighted by Gasteiger charge is -2.31. The van der Waals surface area contributed by atoms with E-state index in [0.717, 1.165) is 0 Å². The van der Waals surface area contributed by atoms with Crippen LogP contribution in [0.1, 0.15) is 26.3 Å². The van der Waals surface area contributed by atoms with Crippen LogP contribution >= 0.6 is 0 Å². The summed E-state index contributed by atoms with van der Waals surface area (Å²) in [6, 6.07) is 4.55. The molecule has 0 amide bonds. The summed E-state index contributed by atoms with van der Waals surface area (Å²) in [5.41, 5.74) is 5.14. The van der Waals surface area contributed by atoms with Crippen molar-refractivity contribution >= 4 is 11.5 Å². The van der Waals surface area contributed by atoms with Gasteiger partial charge in [0.2, 0.25) is 0 Å². The molecule has 0 aliphatic heterocycles. The van der Waals surface area contributed by atoms with Crippen molar-refractivity contribution in [1.29, 1.82) is 5.41 Å². The lowest BCUT2D eigenvalue weighted by molar-refractivity contribution is 0.0875. The van der Waals surface area contributed by atoms with Gasteiger partial charge < -0.3 is 15.7 Å². The number of halogens is 1. The van der Waals surface area contributed by atoms with Gasteiger partial charge in [0.25, 0.3) is 0 Å². The first-order valence-electron chi connectivity index (χ1n) is 5.86. The van der Waals surface area contributed by atoms with Gasteiger partial charge in [0.05, 0.1) is 16.9 Å². The molecule has 1 rings (SSSR count). The molecule has 0 bridgehead atoms. The first-order chi connectivity index (χ1) is 8.26. The average molecular weight is 253 g/mol. The van der Waals surface area contributed by atoms with Gasteiger partial charge in [-0.1, -0.05) is 6.07 Å². The zero-order valence-corrected chi connectivity index (χ0v) is 11.0. The van der Waals surface area contributed by atoms with Gasteiger partial charge in [-0.2, -0.15) is 0 Å². The number of nitrogens with two attached hydrogens (primary N) is 1. The number of aliphatic hydroxyl groups is 1. The highest BCUT2D eigenvalue weighted by Crippen LogP contribution is 2.24. The van der Waals surface area contributed by atoms with Crippen LogP contribution in [0.15, 0.2) is 18.2 Å². The first-order valence-corrected chi connectivity index (χ1v) is 5.86. The lowest BCUT2D eigenvalue weighted by atomic mass is 10.1. The van der Waals surface area contributed by atoms with Crippen molar-refractivity contribution in [2.24, 2.45) is 5.73 Å². The minimum absolute atomic E-state index is 0.0867. The second kappa shape index (κ2) is 5.35. The molecule has 0 unspecified atom stereocenters. The Bertz CT molecular complexity index is 440. The fourth-order valence-electron chi connectivity index (χ4n) is 1.88. The van der Waals surface area contributed by atoms with Crippen LogP contribution in [-0.4, -0.2) is 29.6 Å². The van der Waals surface area contributed by atoms with Crippen molar-refractivity contribution in [2.75, 3.05) is 18.0 Å². The normalized spacial score (nSPS) is 11.4. The molecule has 0 saturated carbocycles. The minimum atomic E-state index is -0.906. The molecule has 0 spiro atoms. The predicted octanol–water partition coefficient (Wildman–Crippen LogP) is 1.71. The summed E-state index contributed by atoms with van der Waals surface area (Å²) in [7, 11) is 0. The standard InChI is InChI=1S/C13H20FN3O/c1-4-17(8-13(2,3)18)10-7-5-6-9(14)11(10)12(15)16/h5-7,18H,4,8H2,1-3H3,(H3,15,16). The maximum Gasteiger partial charge on any atom is 0.136 e. The van der Waals surface area contributed by atoms with Gasteiger partial charge >= 0.3 is 0 Å². The third kappa shape index (κ3) is 3.43. The number of benzene rings is 1. The topological polar surface area (TPSA) is 73.3 Å². The number of hydrogen-bond donors (Lipinski definition) is 3. The maximum absolute atomic E-state index is 13.7. The number of amidine groups is 1. The highest BCUT2D eigenvalue weighted by Gasteiger charge is 2.21. The van der Waals surface area contributed by atoms with Crippen LogP contribution in [0.4, 0.5) is 10.1 Å². The highest BCUT2D eigenvalue weighted by atomic mass is 19.1. The van der Waals surface area contributed by atoms with E-state index < -0.39 is 11.4 Å². The van der Waals surface area contributed by atoms with E-state index >= 15 is 0 Å². The van der Waals surface area contributed by atoms with Crippen molar-refractivity contribution in [1.82, 2.24) is 0 Å². The van der Waals surface area contributed by atoms with E-state index in [4.69, 9.17) is 11.1 Å². The lowest BCUT2D eigenvalue weighted by Crippen LogP contribution is -2.39. The molecule has 4 N–H and O–H groups in total. The van der Waals surface area contributed by atoms with Crippen LogP contribution in [-0.2, 0) is 0 Å². The largest absolute Gasteiger partial charge is 0.389 e. The van der Waals surface area contributed by atoms with Crippen molar-refractivity contribution in [3.63, 3.8) is 0 Å². The van der Waals surface area contributed by atoms with Crippen LogP contribution in [0.3, 0.4) is 0 Å². The third-order valence-corrected chi connectivity index (χ3v) is 2.56. The van der Waals surface area contributed by atoms with Crippen LogP contribution in [0.25, 0.3) is 0 Å². The van der Waals surface area contributed by atoms with Crippen molar-refractivity contribution < 1.29 is 9.50 Å². The van der Waals surface area contributed by atoms with Gasteiger partial charge in [0.1, 0.15) is 11.7 Å². The third-order valence-electron chi connectivity index (χ3n) is 2.56. The fraction of sp³-hybridized carbons (Fsp3) is 0.462. The molecular formula is C13H20FN3O. The smallest absolute Gasteiger partial charge is 0.136 e. The number of rotatable bonds is 5. The molecule has 5 heteroatoms. The predicted molar refractivity (Wildman–Crippen MR) is 71.6 cm³/mol. The van der Waals surface area contributed by atoms with Crippen LogP contribution in [0.2, 0.25) is 0 Å². The molecule has 0 aliphatic rings.